The first-order valence-corrected chi connectivity index (χ1v) is 6.67. The van der Waals surface area contributed by atoms with E-state index in [9.17, 15) is 4.79 Å². The minimum Gasteiger partial charge on any atom is -0.480 e. The van der Waals surface area contributed by atoms with Crippen molar-refractivity contribution in [2.75, 3.05) is 32.9 Å². The molecule has 104 valence electrons. The van der Waals surface area contributed by atoms with Gasteiger partial charge in [-0.3, -0.25) is 4.98 Å². The fourth-order valence-electron chi connectivity index (χ4n) is 2.01. The number of rotatable bonds is 4. The summed E-state index contributed by atoms with van der Waals surface area (Å²) in [5.41, 5.74) is 0.00887. The summed E-state index contributed by atoms with van der Waals surface area (Å²) < 4.78 is 11.9. The lowest BCUT2D eigenvalue weighted by Crippen LogP contribution is -2.43. The minimum atomic E-state index is -1.01. The molecule has 0 amide bonds. The van der Waals surface area contributed by atoms with Gasteiger partial charge in [-0.25, -0.2) is 4.79 Å². The average Bonchev–Trinajstić information content (AvgIpc) is 2.63. The van der Waals surface area contributed by atoms with Crippen molar-refractivity contribution in [1.82, 2.24) is 10.3 Å². The van der Waals surface area contributed by atoms with E-state index in [0.29, 0.717) is 26.3 Å². The van der Waals surface area contributed by atoms with E-state index in [-0.39, 0.29) is 6.61 Å². The lowest BCUT2D eigenvalue weighted by Gasteiger charge is -2.32. The summed E-state index contributed by atoms with van der Waals surface area (Å²) in [7, 11) is 0. The van der Waals surface area contributed by atoms with Crippen molar-refractivity contribution in [2.24, 2.45) is 0 Å². The maximum Gasteiger partial charge on any atom is 0.329 e. The number of carboxylic acid groups (broad SMARTS) is 1. The molecular weight excluding hydrogens is 316 g/mol. The molecular formula is C12H15BrN2O4. The van der Waals surface area contributed by atoms with Gasteiger partial charge in [0.05, 0.1) is 13.2 Å². The lowest BCUT2D eigenvalue weighted by atomic mass is 9.95. The molecule has 2 rings (SSSR count). The van der Waals surface area contributed by atoms with Crippen LogP contribution in [0.3, 0.4) is 0 Å². The van der Waals surface area contributed by atoms with E-state index >= 15 is 0 Å². The molecule has 6 nitrogen and oxygen atoms in total. The van der Waals surface area contributed by atoms with Gasteiger partial charge in [-0.15, -0.1) is 0 Å². The van der Waals surface area contributed by atoms with Crippen molar-refractivity contribution >= 4 is 21.9 Å². The third-order valence-corrected chi connectivity index (χ3v) is 3.54. The van der Waals surface area contributed by atoms with Gasteiger partial charge >= 0.3 is 5.97 Å². The lowest BCUT2D eigenvalue weighted by molar-refractivity contribution is -0.154. The molecule has 1 fully saturated rings. The molecule has 1 aliphatic rings. The quantitative estimate of drug-likeness (QED) is 0.848. The zero-order valence-corrected chi connectivity index (χ0v) is 11.9. The monoisotopic (exact) mass is 330 g/mol. The molecule has 2 heterocycles. The normalized spacial score (nSPS) is 23.8. The summed E-state index contributed by atoms with van der Waals surface area (Å²) in [5, 5.41) is 12.0. The second kappa shape index (κ2) is 6.42. The van der Waals surface area contributed by atoms with E-state index in [1.54, 1.807) is 12.4 Å². The van der Waals surface area contributed by atoms with Crippen LogP contribution in [0.4, 0.5) is 0 Å². The molecule has 0 aliphatic carbocycles. The third-order valence-electron chi connectivity index (χ3n) is 2.90. The molecule has 19 heavy (non-hydrogen) atoms. The Bertz CT molecular complexity index is 447. The number of pyridine rings is 1. The highest BCUT2D eigenvalue weighted by molar-refractivity contribution is 9.10. The minimum absolute atomic E-state index is 0.301. The summed E-state index contributed by atoms with van der Waals surface area (Å²) in [6.45, 7) is 1.69. The number of nitrogens with zero attached hydrogens (tertiary/aromatic N) is 1. The fraction of sp³-hybridized carbons (Fsp3) is 0.500. The number of ether oxygens (including phenoxy) is 2. The Hall–Kier alpha value is -1.02. The van der Waals surface area contributed by atoms with Gasteiger partial charge in [0, 0.05) is 35.5 Å². The van der Waals surface area contributed by atoms with Crippen LogP contribution in [0.2, 0.25) is 0 Å². The van der Waals surface area contributed by atoms with E-state index in [2.05, 4.69) is 26.2 Å². The van der Waals surface area contributed by atoms with Crippen LogP contribution in [0.1, 0.15) is 5.56 Å². The number of aromatic nitrogens is 1. The van der Waals surface area contributed by atoms with Crippen molar-refractivity contribution in [2.45, 2.75) is 5.60 Å². The van der Waals surface area contributed by atoms with Crippen LogP contribution >= 0.6 is 15.9 Å². The molecule has 0 spiro atoms. The summed E-state index contributed by atoms with van der Waals surface area (Å²) in [5.74, 6) is -1.01. The molecule has 1 unspecified atom stereocenters. The molecule has 0 aromatic carbocycles. The van der Waals surface area contributed by atoms with Gasteiger partial charge in [-0.2, -0.15) is 0 Å². The predicted octanol–water partition coefficient (Wildman–Crippen LogP) is 0.760. The van der Waals surface area contributed by atoms with Crippen molar-refractivity contribution in [3.05, 3.63) is 28.5 Å². The standard InChI is InChI=1S/C12H15BrN2O4/c13-10-5-14-2-1-9(10)12(19-6-11(16)17)7-15-3-4-18-8-12/h1-2,5,15H,3-4,6-8H2,(H,16,17). The first-order chi connectivity index (χ1) is 9.14. The van der Waals surface area contributed by atoms with E-state index in [1.165, 1.54) is 0 Å². The highest BCUT2D eigenvalue weighted by Gasteiger charge is 2.37. The molecule has 7 heteroatoms. The second-order valence-corrected chi connectivity index (χ2v) is 5.12. The fourth-order valence-corrected chi connectivity index (χ4v) is 2.62. The number of halogens is 1. The van der Waals surface area contributed by atoms with Gasteiger partial charge in [0.1, 0.15) is 12.2 Å². The Morgan fingerprint density at radius 1 is 1.68 bits per heavy atom. The van der Waals surface area contributed by atoms with Gasteiger partial charge in [-0.1, -0.05) is 0 Å². The van der Waals surface area contributed by atoms with Crippen molar-refractivity contribution in [3.8, 4) is 0 Å². The zero-order valence-electron chi connectivity index (χ0n) is 10.3. The molecule has 1 aromatic heterocycles. The maximum absolute atomic E-state index is 10.8. The SMILES string of the molecule is O=C(O)COC1(c2ccncc2Br)CNCCOC1. The Morgan fingerprint density at radius 2 is 2.53 bits per heavy atom. The highest BCUT2D eigenvalue weighted by atomic mass is 79.9. The summed E-state index contributed by atoms with van der Waals surface area (Å²) in [6, 6.07) is 1.81. The van der Waals surface area contributed by atoms with E-state index in [4.69, 9.17) is 14.6 Å². The Morgan fingerprint density at radius 3 is 3.26 bits per heavy atom. The molecule has 1 aliphatic heterocycles. The van der Waals surface area contributed by atoms with Crippen LogP contribution in [0.15, 0.2) is 22.9 Å². The van der Waals surface area contributed by atoms with Crippen molar-refractivity contribution in [1.29, 1.82) is 0 Å². The summed E-state index contributed by atoms with van der Waals surface area (Å²) in [4.78, 5) is 14.8. The first kappa shape index (κ1) is 14.4. The number of hydrogen-bond donors (Lipinski definition) is 2. The molecule has 1 atom stereocenters. The van der Waals surface area contributed by atoms with Crippen molar-refractivity contribution in [3.63, 3.8) is 0 Å². The predicted molar refractivity (Wildman–Crippen MR) is 70.9 cm³/mol. The van der Waals surface area contributed by atoms with Gasteiger partial charge in [0.25, 0.3) is 0 Å². The van der Waals surface area contributed by atoms with Crippen LogP contribution in [-0.4, -0.2) is 49.0 Å². The van der Waals surface area contributed by atoms with Gasteiger partial charge in [0.2, 0.25) is 0 Å². The molecule has 1 aromatic rings. The van der Waals surface area contributed by atoms with E-state index < -0.39 is 11.6 Å². The molecule has 0 bridgehead atoms. The molecule has 0 saturated carbocycles. The Labute approximate surface area is 119 Å². The van der Waals surface area contributed by atoms with Crippen LogP contribution in [0.5, 0.6) is 0 Å². The topological polar surface area (TPSA) is 80.7 Å². The highest BCUT2D eigenvalue weighted by Crippen LogP contribution is 2.32. The van der Waals surface area contributed by atoms with Gasteiger partial charge in [0.15, 0.2) is 0 Å². The maximum atomic E-state index is 10.8. The van der Waals surface area contributed by atoms with Crippen LogP contribution in [0, 0.1) is 0 Å². The van der Waals surface area contributed by atoms with Gasteiger partial charge < -0.3 is 19.9 Å². The third kappa shape index (κ3) is 3.50. The van der Waals surface area contributed by atoms with E-state index in [0.717, 1.165) is 10.0 Å². The number of aliphatic carboxylic acids is 1. The van der Waals surface area contributed by atoms with Crippen LogP contribution in [0.25, 0.3) is 0 Å². The van der Waals surface area contributed by atoms with Crippen molar-refractivity contribution < 1.29 is 19.4 Å². The zero-order chi connectivity index (χ0) is 13.7. The molecule has 2 N–H and O–H groups in total. The van der Waals surface area contributed by atoms with Gasteiger partial charge in [-0.05, 0) is 22.0 Å². The molecule has 0 radical (unpaired) electrons. The molecule has 1 saturated heterocycles. The summed E-state index contributed by atoms with van der Waals surface area (Å²) >= 11 is 3.43. The summed E-state index contributed by atoms with van der Waals surface area (Å²) in [6.07, 6.45) is 3.31. The largest absolute Gasteiger partial charge is 0.480 e. The number of nitrogens with one attached hydrogen (secondary N) is 1. The Balaban J connectivity index is 2.32. The smallest absolute Gasteiger partial charge is 0.329 e. The number of hydrogen-bond acceptors (Lipinski definition) is 5. The van der Waals surface area contributed by atoms with Crippen LogP contribution in [-0.2, 0) is 19.9 Å². The average molecular weight is 331 g/mol. The Kier molecular flexibility index (Phi) is 4.87. The van der Waals surface area contributed by atoms with E-state index in [1.807, 2.05) is 6.07 Å². The first-order valence-electron chi connectivity index (χ1n) is 5.88. The van der Waals surface area contributed by atoms with Crippen LogP contribution < -0.4 is 5.32 Å². The number of carboxylic acids is 1. The second-order valence-electron chi connectivity index (χ2n) is 4.26. The number of carbonyl (C=O) groups is 1.